The highest BCUT2D eigenvalue weighted by Crippen LogP contribution is 2.32. The van der Waals surface area contributed by atoms with Crippen LogP contribution in [0.4, 0.5) is 11.5 Å². The molecule has 0 amide bonds. The minimum absolute atomic E-state index is 0.0852. The number of rotatable bonds is 2. The molecule has 0 saturated carbocycles. The van der Waals surface area contributed by atoms with Crippen LogP contribution in [0.3, 0.4) is 0 Å². The van der Waals surface area contributed by atoms with Crippen molar-refractivity contribution in [3.05, 3.63) is 53.2 Å². The predicted molar refractivity (Wildman–Crippen MR) is 81.8 cm³/mol. The van der Waals surface area contributed by atoms with Crippen molar-refractivity contribution in [3.8, 4) is 0 Å². The fraction of sp³-hybridized carbons (Fsp3) is 0.250. The Hall–Kier alpha value is -2.36. The normalized spacial score (nSPS) is 13.9. The minimum atomic E-state index is 0.0852. The molecule has 3 rings (SSSR count). The van der Waals surface area contributed by atoms with E-state index in [1.807, 2.05) is 19.1 Å². The van der Waals surface area contributed by atoms with Gasteiger partial charge in [0.15, 0.2) is 0 Å². The van der Waals surface area contributed by atoms with E-state index >= 15 is 0 Å². The van der Waals surface area contributed by atoms with Crippen LogP contribution in [-0.2, 0) is 6.42 Å². The van der Waals surface area contributed by atoms with E-state index in [9.17, 15) is 0 Å². The maximum atomic E-state index is 7.62. The molecule has 102 valence electrons. The number of nitrogen functional groups attached to an aromatic ring is 1. The number of hydrogen-bond donors (Lipinski definition) is 2. The number of fused-ring (bicyclic) bond motifs is 1. The zero-order chi connectivity index (χ0) is 14.1. The average molecular weight is 266 g/mol. The van der Waals surface area contributed by atoms with E-state index < -0.39 is 0 Å². The first-order valence-corrected chi connectivity index (χ1v) is 6.83. The molecule has 4 heteroatoms. The van der Waals surface area contributed by atoms with Gasteiger partial charge in [-0.3, -0.25) is 5.41 Å². The van der Waals surface area contributed by atoms with Crippen molar-refractivity contribution in [1.82, 2.24) is 4.98 Å². The minimum Gasteiger partial charge on any atom is -0.384 e. The van der Waals surface area contributed by atoms with Crippen LogP contribution < -0.4 is 10.6 Å². The van der Waals surface area contributed by atoms with E-state index in [4.69, 9.17) is 11.1 Å². The van der Waals surface area contributed by atoms with Crippen molar-refractivity contribution in [1.29, 1.82) is 5.41 Å². The summed E-state index contributed by atoms with van der Waals surface area (Å²) in [6.45, 7) is 2.89. The molecule has 20 heavy (non-hydrogen) atoms. The molecule has 0 aliphatic carbocycles. The Balaban J connectivity index is 2.08. The molecule has 2 aromatic rings. The Kier molecular flexibility index (Phi) is 3.14. The molecule has 1 aromatic carbocycles. The number of nitrogens with two attached hydrogens (primary N) is 1. The number of nitrogens with zero attached hydrogens (tertiary/aromatic N) is 2. The Morgan fingerprint density at radius 1 is 1.30 bits per heavy atom. The van der Waals surface area contributed by atoms with Crippen LogP contribution in [0.2, 0.25) is 0 Å². The first kappa shape index (κ1) is 12.7. The molecule has 0 fully saturated rings. The van der Waals surface area contributed by atoms with Gasteiger partial charge in [-0.2, -0.15) is 0 Å². The van der Waals surface area contributed by atoms with Crippen LogP contribution in [0, 0.1) is 12.3 Å². The summed E-state index contributed by atoms with van der Waals surface area (Å²) in [5.41, 5.74) is 9.80. The van der Waals surface area contributed by atoms with Gasteiger partial charge in [0.1, 0.15) is 11.7 Å². The molecule has 3 N–H and O–H groups in total. The number of hydrogen-bond acceptors (Lipinski definition) is 3. The second-order valence-corrected chi connectivity index (χ2v) is 5.15. The van der Waals surface area contributed by atoms with Gasteiger partial charge in [0.25, 0.3) is 0 Å². The summed E-state index contributed by atoms with van der Waals surface area (Å²) in [6, 6.07) is 12.2. The SMILES string of the molecule is Cc1cc(C(=N)N)cc(N2CCCc3ccccc32)n1. The monoisotopic (exact) mass is 266 g/mol. The van der Waals surface area contributed by atoms with Gasteiger partial charge in [-0.25, -0.2) is 4.98 Å². The van der Waals surface area contributed by atoms with Crippen LogP contribution in [0.1, 0.15) is 23.2 Å². The summed E-state index contributed by atoms with van der Waals surface area (Å²) < 4.78 is 0. The molecular formula is C16H18N4. The van der Waals surface area contributed by atoms with E-state index in [0.29, 0.717) is 0 Å². The molecule has 0 unspecified atom stereocenters. The van der Waals surface area contributed by atoms with Gasteiger partial charge in [-0.15, -0.1) is 0 Å². The van der Waals surface area contributed by atoms with Crippen LogP contribution in [-0.4, -0.2) is 17.4 Å². The van der Waals surface area contributed by atoms with E-state index in [1.165, 1.54) is 11.3 Å². The van der Waals surface area contributed by atoms with Gasteiger partial charge in [0.05, 0.1) is 0 Å². The summed E-state index contributed by atoms with van der Waals surface area (Å²) >= 11 is 0. The summed E-state index contributed by atoms with van der Waals surface area (Å²) in [7, 11) is 0. The Morgan fingerprint density at radius 3 is 2.90 bits per heavy atom. The number of pyridine rings is 1. The Labute approximate surface area is 118 Å². The molecule has 2 heterocycles. The second kappa shape index (κ2) is 4.96. The standard InChI is InChI=1S/C16H18N4/c1-11-9-13(16(17)18)10-15(19-11)20-8-4-6-12-5-2-3-7-14(12)20/h2-3,5,7,9-10H,4,6,8H2,1H3,(H3,17,18). The summed E-state index contributed by atoms with van der Waals surface area (Å²) in [5, 5.41) is 7.62. The highest BCUT2D eigenvalue weighted by Gasteiger charge is 2.19. The first-order chi connectivity index (χ1) is 9.65. The lowest BCUT2D eigenvalue weighted by Crippen LogP contribution is -2.26. The zero-order valence-electron chi connectivity index (χ0n) is 11.6. The second-order valence-electron chi connectivity index (χ2n) is 5.15. The number of aromatic nitrogens is 1. The fourth-order valence-electron chi connectivity index (χ4n) is 2.72. The smallest absolute Gasteiger partial charge is 0.133 e. The van der Waals surface area contributed by atoms with Gasteiger partial charge >= 0.3 is 0 Å². The van der Waals surface area contributed by atoms with Crippen LogP contribution >= 0.6 is 0 Å². The van der Waals surface area contributed by atoms with Crippen molar-refractivity contribution >= 4 is 17.3 Å². The van der Waals surface area contributed by atoms with Crippen molar-refractivity contribution in [2.45, 2.75) is 19.8 Å². The van der Waals surface area contributed by atoms with E-state index in [1.54, 1.807) is 0 Å². The third-order valence-corrected chi connectivity index (χ3v) is 3.64. The lowest BCUT2D eigenvalue weighted by molar-refractivity contribution is 0.758. The topological polar surface area (TPSA) is 66.0 Å². The van der Waals surface area contributed by atoms with Gasteiger partial charge < -0.3 is 10.6 Å². The third-order valence-electron chi connectivity index (χ3n) is 3.64. The maximum absolute atomic E-state index is 7.62. The first-order valence-electron chi connectivity index (χ1n) is 6.83. The molecule has 0 atom stereocenters. The highest BCUT2D eigenvalue weighted by atomic mass is 15.2. The Bertz CT molecular complexity index is 663. The maximum Gasteiger partial charge on any atom is 0.133 e. The molecule has 0 saturated heterocycles. The van der Waals surface area contributed by atoms with Crippen molar-refractivity contribution < 1.29 is 0 Å². The van der Waals surface area contributed by atoms with E-state index in [2.05, 4.69) is 34.1 Å². The van der Waals surface area contributed by atoms with Crippen LogP contribution in [0.5, 0.6) is 0 Å². The molecule has 1 aromatic heterocycles. The van der Waals surface area contributed by atoms with Gasteiger partial charge in [0.2, 0.25) is 0 Å². The summed E-state index contributed by atoms with van der Waals surface area (Å²) in [5.74, 6) is 0.962. The van der Waals surface area contributed by atoms with Gasteiger partial charge in [0, 0.05) is 23.5 Å². The molecular weight excluding hydrogens is 248 g/mol. The number of para-hydroxylation sites is 1. The van der Waals surface area contributed by atoms with Gasteiger partial charge in [-0.1, -0.05) is 18.2 Å². The number of amidine groups is 1. The molecule has 0 radical (unpaired) electrons. The van der Waals surface area contributed by atoms with Crippen molar-refractivity contribution in [3.63, 3.8) is 0 Å². The van der Waals surface area contributed by atoms with Crippen LogP contribution in [0.15, 0.2) is 36.4 Å². The lowest BCUT2D eigenvalue weighted by Gasteiger charge is -2.30. The highest BCUT2D eigenvalue weighted by molar-refractivity contribution is 5.95. The van der Waals surface area contributed by atoms with Crippen molar-refractivity contribution in [2.75, 3.05) is 11.4 Å². The number of anilines is 2. The number of nitrogens with one attached hydrogen (secondary N) is 1. The lowest BCUT2D eigenvalue weighted by atomic mass is 10.0. The van der Waals surface area contributed by atoms with Crippen molar-refractivity contribution in [2.24, 2.45) is 5.73 Å². The third kappa shape index (κ3) is 2.25. The van der Waals surface area contributed by atoms with Gasteiger partial charge in [-0.05, 0) is 43.5 Å². The predicted octanol–water partition coefficient (Wildman–Crippen LogP) is 2.76. The van der Waals surface area contributed by atoms with E-state index in [0.717, 1.165) is 36.5 Å². The fourth-order valence-corrected chi connectivity index (χ4v) is 2.72. The average Bonchev–Trinajstić information content (AvgIpc) is 2.46. The molecule has 0 spiro atoms. The quantitative estimate of drug-likeness (QED) is 0.649. The Morgan fingerprint density at radius 2 is 2.10 bits per heavy atom. The molecule has 1 aliphatic rings. The summed E-state index contributed by atoms with van der Waals surface area (Å²) in [6.07, 6.45) is 2.22. The summed E-state index contributed by atoms with van der Waals surface area (Å²) in [4.78, 5) is 6.83. The van der Waals surface area contributed by atoms with E-state index in [-0.39, 0.29) is 5.84 Å². The molecule has 1 aliphatic heterocycles. The molecule has 0 bridgehead atoms. The number of aryl methyl sites for hydroxylation is 2. The number of benzene rings is 1. The van der Waals surface area contributed by atoms with Crippen LogP contribution in [0.25, 0.3) is 0 Å². The largest absolute Gasteiger partial charge is 0.384 e. The zero-order valence-corrected chi connectivity index (χ0v) is 11.6. The molecule has 4 nitrogen and oxygen atoms in total.